The maximum Gasteiger partial charge on any atom is 0.430 e. The van der Waals surface area contributed by atoms with E-state index < -0.39 is 6.09 Å². The van der Waals surface area contributed by atoms with Crippen LogP contribution in [0.15, 0.2) is 23.7 Å². The topological polar surface area (TPSA) is 82.1 Å². The Labute approximate surface area is 85.1 Å². The Hall–Kier alpha value is -2.02. The molecule has 0 aromatic heterocycles. The van der Waals surface area contributed by atoms with Crippen molar-refractivity contribution in [2.24, 2.45) is 0 Å². The lowest BCUT2D eigenvalue weighted by Gasteiger charge is -2.26. The van der Waals surface area contributed by atoms with Crippen LogP contribution in [-0.2, 0) is 9.63 Å². The lowest BCUT2D eigenvalue weighted by atomic mass is 10.2. The zero-order valence-corrected chi connectivity index (χ0v) is 7.93. The molecule has 2 aliphatic heterocycles. The molecule has 7 heteroatoms. The predicted octanol–water partition coefficient (Wildman–Crippen LogP) is -0.344. The first-order valence-electron chi connectivity index (χ1n) is 4.19. The van der Waals surface area contributed by atoms with Crippen molar-refractivity contribution in [3.8, 4) is 0 Å². The summed E-state index contributed by atoms with van der Waals surface area (Å²) in [5, 5.41) is 10.9. The zero-order chi connectivity index (χ0) is 11.0. The van der Waals surface area contributed by atoms with Gasteiger partial charge in [-0.2, -0.15) is 5.01 Å². The molecule has 2 aliphatic rings. The number of nitrogens with zero attached hydrogens (tertiary/aromatic N) is 2. The van der Waals surface area contributed by atoms with Crippen molar-refractivity contribution >= 4 is 11.9 Å². The third-order valence-corrected chi connectivity index (χ3v) is 2.14. The molecule has 2 N–H and O–H groups in total. The molecule has 0 spiro atoms. The maximum atomic E-state index is 11.4. The third-order valence-electron chi connectivity index (χ3n) is 2.14. The van der Waals surface area contributed by atoms with Crippen LogP contribution in [0.4, 0.5) is 4.79 Å². The van der Waals surface area contributed by atoms with Crippen LogP contribution in [0.2, 0.25) is 0 Å². The molecular weight excluding hydrogens is 202 g/mol. The number of Topliss-reactive ketones (excluding diaryl/α,β-unsaturated/α-hetero) is 1. The summed E-state index contributed by atoms with van der Waals surface area (Å²) in [4.78, 5) is 27.0. The molecule has 15 heavy (non-hydrogen) atoms. The second-order valence-corrected chi connectivity index (χ2v) is 2.98. The van der Waals surface area contributed by atoms with Crippen molar-refractivity contribution in [2.75, 3.05) is 13.7 Å². The first-order valence-corrected chi connectivity index (χ1v) is 4.19. The third kappa shape index (κ3) is 1.42. The first kappa shape index (κ1) is 9.53. The van der Waals surface area contributed by atoms with Gasteiger partial charge in [-0.15, -0.1) is 0 Å². The van der Waals surface area contributed by atoms with Gasteiger partial charge in [0.25, 0.3) is 0 Å². The van der Waals surface area contributed by atoms with E-state index in [0.29, 0.717) is 11.4 Å². The van der Waals surface area contributed by atoms with Crippen LogP contribution < -0.4 is 5.43 Å². The quantitative estimate of drug-likeness (QED) is 0.617. The SMILES string of the molecule is CON1CC(=O)C2=C1NN(C(=O)O)C=C2. The average molecular weight is 211 g/mol. The second-order valence-electron chi connectivity index (χ2n) is 2.98. The molecule has 0 radical (unpaired) electrons. The van der Waals surface area contributed by atoms with E-state index in [1.165, 1.54) is 24.4 Å². The fourth-order valence-electron chi connectivity index (χ4n) is 1.42. The van der Waals surface area contributed by atoms with Gasteiger partial charge in [-0.05, 0) is 6.08 Å². The molecule has 0 saturated heterocycles. The number of carbonyl (C=O) groups is 2. The van der Waals surface area contributed by atoms with Gasteiger partial charge in [-0.3, -0.25) is 15.1 Å². The van der Waals surface area contributed by atoms with E-state index in [-0.39, 0.29) is 12.3 Å². The number of nitrogens with one attached hydrogen (secondary N) is 1. The summed E-state index contributed by atoms with van der Waals surface area (Å²) in [6.45, 7) is 0.0893. The van der Waals surface area contributed by atoms with E-state index in [2.05, 4.69) is 5.43 Å². The van der Waals surface area contributed by atoms with Gasteiger partial charge in [-0.25, -0.2) is 9.86 Å². The molecule has 0 aliphatic carbocycles. The highest BCUT2D eigenvalue weighted by molar-refractivity contribution is 6.02. The minimum absolute atomic E-state index is 0.0893. The van der Waals surface area contributed by atoms with E-state index in [0.717, 1.165) is 5.01 Å². The molecule has 2 rings (SSSR count). The second kappa shape index (κ2) is 3.28. The summed E-state index contributed by atoms with van der Waals surface area (Å²) in [6.07, 6.45) is 1.56. The van der Waals surface area contributed by atoms with E-state index >= 15 is 0 Å². The summed E-state index contributed by atoms with van der Waals surface area (Å²) in [6, 6.07) is 0. The monoisotopic (exact) mass is 211 g/mol. The van der Waals surface area contributed by atoms with Crippen LogP contribution in [0, 0.1) is 0 Å². The van der Waals surface area contributed by atoms with Gasteiger partial charge in [0.15, 0.2) is 11.6 Å². The molecule has 0 aromatic carbocycles. The van der Waals surface area contributed by atoms with Gasteiger partial charge >= 0.3 is 6.09 Å². The van der Waals surface area contributed by atoms with Crippen molar-refractivity contribution in [2.45, 2.75) is 0 Å². The molecular formula is C8H9N3O4. The Morgan fingerprint density at radius 2 is 2.40 bits per heavy atom. The molecule has 0 unspecified atom stereocenters. The van der Waals surface area contributed by atoms with Gasteiger partial charge in [0.05, 0.1) is 12.7 Å². The van der Waals surface area contributed by atoms with Gasteiger partial charge in [0.1, 0.15) is 6.54 Å². The Morgan fingerprint density at radius 3 is 3.00 bits per heavy atom. The smallest absolute Gasteiger partial charge is 0.430 e. The highest BCUT2D eigenvalue weighted by atomic mass is 16.7. The van der Waals surface area contributed by atoms with E-state index in [4.69, 9.17) is 9.94 Å². The lowest BCUT2D eigenvalue weighted by Crippen LogP contribution is -2.42. The number of carbonyl (C=O) groups excluding carboxylic acids is 1. The molecule has 1 amide bonds. The molecule has 0 atom stereocenters. The summed E-state index contributed by atoms with van der Waals surface area (Å²) in [7, 11) is 1.41. The van der Waals surface area contributed by atoms with Gasteiger partial charge < -0.3 is 5.11 Å². The Balaban J connectivity index is 2.28. The van der Waals surface area contributed by atoms with Crippen LogP contribution in [0.3, 0.4) is 0 Å². The number of amides is 1. The molecule has 7 nitrogen and oxygen atoms in total. The minimum Gasteiger partial charge on any atom is -0.463 e. The number of ketones is 1. The van der Waals surface area contributed by atoms with E-state index in [9.17, 15) is 9.59 Å². The largest absolute Gasteiger partial charge is 0.463 e. The van der Waals surface area contributed by atoms with Crippen LogP contribution in [0.5, 0.6) is 0 Å². The Kier molecular flexibility index (Phi) is 2.09. The van der Waals surface area contributed by atoms with Crippen LogP contribution in [0.25, 0.3) is 0 Å². The van der Waals surface area contributed by atoms with Gasteiger partial charge in [-0.1, -0.05) is 0 Å². The van der Waals surface area contributed by atoms with Crippen LogP contribution in [-0.4, -0.2) is 40.7 Å². The van der Waals surface area contributed by atoms with Crippen molar-refractivity contribution in [3.05, 3.63) is 23.7 Å². The number of hydrogen-bond acceptors (Lipinski definition) is 5. The molecule has 0 saturated carbocycles. The number of allylic oxidation sites excluding steroid dienone is 1. The fraction of sp³-hybridized carbons (Fsp3) is 0.250. The standard InChI is InChI=1S/C8H9N3O4/c1-15-11-4-6(12)5-2-3-10(8(13)14)9-7(5)11/h2-3,9H,4H2,1H3,(H,13,14). The average Bonchev–Trinajstić information content (AvgIpc) is 2.55. The van der Waals surface area contributed by atoms with E-state index in [1.807, 2.05) is 0 Å². The summed E-state index contributed by atoms with van der Waals surface area (Å²) < 4.78 is 0. The predicted molar refractivity (Wildman–Crippen MR) is 47.9 cm³/mol. The fourth-order valence-corrected chi connectivity index (χ4v) is 1.42. The Bertz CT molecular complexity index is 387. The number of hydroxylamine groups is 2. The van der Waals surface area contributed by atoms with Crippen molar-refractivity contribution in [1.82, 2.24) is 15.5 Å². The molecule has 0 aromatic rings. The van der Waals surface area contributed by atoms with Crippen molar-refractivity contribution < 1.29 is 19.5 Å². The summed E-state index contributed by atoms with van der Waals surface area (Å²) in [5.74, 6) is 0.244. The maximum absolute atomic E-state index is 11.4. The van der Waals surface area contributed by atoms with Crippen molar-refractivity contribution in [3.63, 3.8) is 0 Å². The lowest BCUT2D eigenvalue weighted by molar-refractivity contribution is -0.129. The number of hydrogen-bond donors (Lipinski definition) is 2. The molecule has 0 fully saturated rings. The number of carboxylic acid groups (broad SMARTS) is 1. The van der Waals surface area contributed by atoms with Crippen LogP contribution in [0.1, 0.15) is 0 Å². The molecule has 0 bridgehead atoms. The summed E-state index contributed by atoms with van der Waals surface area (Å²) in [5.41, 5.74) is 2.98. The normalized spacial score (nSPS) is 19.4. The number of rotatable bonds is 1. The van der Waals surface area contributed by atoms with Crippen molar-refractivity contribution in [1.29, 1.82) is 0 Å². The number of hydrazine groups is 1. The molecule has 80 valence electrons. The molecule has 2 heterocycles. The highest BCUT2D eigenvalue weighted by Crippen LogP contribution is 2.22. The van der Waals surface area contributed by atoms with Gasteiger partial charge in [0, 0.05) is 6.20 Å². The summed E-state index contributed by atoms with van der Waals surface area (Å²) >= 11 is 0. The minimum atomic E-state index is -1.16. The van der Waals surface area contributed by atoms with E-state index in [1.54, 1.807) is 0 Å². The zero-order valence-electron chi connectivity index (χ0n) is 7.93. The van der Waals surface area contributed by atoms with Crippen LogP contribution >= 0.6 is 0 Å². The highest BCUT2D eigenvalue weighted by Gasteiger charge is 2.32. The Morgan fingerprint density at radius 1 is 1.67 bits per heavy atom. The first-order chi connectivity index (χ1) is 7.13. The van der Waals surface area contributed by atoms with Gasteiger partial charge in [0.2, 0.25) is 0 Å².